The Hall–Kier alpha value is -1.50. The summed E-state index contributed by atoms with van der Waals surface area (Å²) < 4.78 is 5.87. The van der Waals surface area contributed by atoms with Gasteiger partial charge in [0.2, 0.25) is 5.91 Å². The van der Waals surface area contributed by atoms with Crippen molar-refractivity contribution in [3.05, 3.63) is 52.2 Å². The van der Waals surface area contributed by atoms with E-state index in [1.165, 1.54) is 42.8 Å². The fraction of sp³-hybridized carbons (Fsp3) is 0.500. The molecule has 1 saturated heterocycles. The normalized spacial score (nSPS) is 14.7. The number of carbonyl (C=O) groups is 1. The molecule has 1 aromatic carbocycles. The van der Waals surface area contributed by atoms with Crippen molar-refractivity contribution in [2.75, 3.05) is 32.0 Å². The molecule has 1 amide bonds. The van der Waals surface area contributed by atoms with E-state index in [9.17, 15) is 4.79 Å². The third kappa shape index (κ3) is 7.86. The lowest BCUT2D eigenvalue weighted by molar-refractivity contribution is -0.118. The van der Waals surface area contributed by atoms with Crippen LogP contribution in [-0.4, -0.2) is 42.8 Å². The van der Waals surface area contributed by atoms with Gasteiger partial charge in [0.1, 0.15) is 5.75 Å². The van der Waals surface area contributed by atoms with Crippen molar-refractivity contribution in [2.24, 2.45) is 0 Å². The van der Waals surface area contributed by atoms with Gasteiger partial charge >= 0.3 is 0 Å². The minimum Gasteiger partial charge on any atom is -0.494 e. The lowest BCUT2D eigenvalue weighted by Crippen LogP contribution is -2.29. The maximum absolute atomic E-state index is 11.9. The number of thiophene rings is 1. The molecule has 1 N–H and O–H groups in total. The molecule has 1 fully saturated rings. The summed E-state index contributed by atoms with van der Waals surface area (Å²) in [6, 6.07) is 12.6. The molecule has 2 aromatic rings. The van der Waals surface area contributed by atoms with Crippen LogP contribution in [0.25, 0.3) is 0 Å². The lowest BCUT2D eigenvalue weighted by atomic mass is 10.1. The summed E-state index contributed by atoms with van der Waals surface area (Å²) >= 11 is 3.39. The van der Waals surface area contributed by atoms with Crippen LogP contribution >= 0.6 is 23.1 Å². The Bertz CT molecular complexity index is 700. The molecule has 1 aromatic heterocycles. The van der Waals surface area contributed by atoms with Gasteiger partial charge in [0.15, 0.2) is 0 Å². The number of rotatable bonds is 11. The van der Waals surface area contributed by atoms with Crippen LogP contribution in [0.3, 0.4) is 0 Å². The highest BCUT2D eigenvalue weighted by Gasteiger charge is 2.10. The van der Waals surface area contributed by atoms with Crippen molar-refractivity contribution >= 4 is 29.0 Å². The molecular formula is C22H30N2O2S2. The van der Waals surface area contributed by atoms with Gasteiger partial charge in [0.25, 0.3) is 0 Å². The number of hydrogen-bond acceptors (Lipinski definition) is 5. The highest BCUT2D eigenvalue weighted by Crippen LogP contribution is 2.18. The Kier molecular flexibility index (Phi) is 9.20. The van der Waals surface area contributed by atoms with E-state index in [0.29, 0.717) is 18.9 Å². The molecule has 4 nitrogen and oxygen atoms in total. The second-order valence-corrected chi connectivity index (χ2v) is 9.13. The van der Waals surface area contributed by atoms with Gasteiger partial charge in [-0.3, -0.25) is 9.69 Å². The van der Waals surface area contributed by atoms with Crippen molar-refractivity contribution in [3.63, 3.8) is 0 Å². The van der Waals surface area contributed by atoms with Gasteiger partial charge < -0.3 is 10.1 Å². The predicted octanol–water partition coefficient (Wildman–Crippen LogP) is 4.55. The van der Waals surface area contributed by atoms with Gasteiger partial charge in [-0.2, -0.15) is 0 Å². The van der Waals surface area contributed by atoms with Gasteiger partial charge in [-0.05, 0) is 61.5 Å². The number of thioether (sulfide) groups is 1. The Balaban J connectivity index is 1.26. The minimum atomic E-state index is 0.102. The van der Waals surface area contributed by atoms with Crippen LogP contribution < -0.4 is 10.1 Å². The van der Waals surface area contributed by atoms with Crippen LogP contribution in [-0.2, 0) is 17.1 Å². The Morgan fingerprint density at radius 2 is 2.07 bits per heavy atom. The number of piperidine rings is 1. The van der Waals surface area contributed by atoms with Crippen LogP contribution in [0.1, 0.15) is 36.1 Å². The maximum atomic E-state index is 11.9. The molecule has 0 spiro atoms. The van der Waals surface area contributed by atoms with Crippen molar-refractivity contribution in [1.82, 2.24) is 10.2 Å². The zero-order chi connectivity index (χ0) is 19.4. The van der Waals surface area contributed by atoms with E-state index in [-0.39, 0.29) is 5.91 Å². The molecule has 1 aliphatic heterocycles. The number of hydrogen-bond donors (Lipinski definition) is 1. The largest absolute Gasteiger partial charge is 0.494 e. The van der Waals surface area contributed by atoms with Gasteiger partial charge in [0.05, 0.1) is 12.4 Å². The molecule has 1 aliphatic rings. The second kappa shape index (κ2) is 12.1. The summed E-state index contributed by atoms with van der Waals surface area (Å²) in [5, 5.41) is 5.04. The fourth-order valence-electron chi connectivity index (χ4n) is 3.29. The van der Waals surface area contributed by atoms with Crippen molar-refractivity contribution < 1.29 is 9.53 Å². The van der Waals surface area contributed by atoms with Crippen LogP contribution in [0.5, 0.6) is 5.75 Å². The zero-order valence-corrected chi connectivity index (χ0v) is 18.0. The van der Waals surface area contributed by atoms with E-state index in [1.54, 1.807) is 23.1 Å². The van der Waals surface area contributed by atoms with E-state index < -0.39 is 0 Å². The fourth-order valence-corrected chi connectivity index (χ4v) is 4.99. The number of benzene rings is 1. The summed E-state index contributed by atoms with van der Waals surface area (Å²) in [7, 11) is 0. The Morgan fingerprint density at radius 3 is 2.89 bits per heavy atom. The second-order valence-electron chi connectivity index (χ2n) is 7.11. The first kappa shape index (κ1) is 21.2. The van der Waals surface area contributed by atoms with Crippen molar-refractivity contribution in [3.8, 4) is 5.75 Å². The quantitative estimate of drug-likeness (QED) is 0.544. The monoisotopic (exact) mass is 418 g/mol. The minimum absolute atomic E-state index is 0.102. The third-order valence-corrected chi connectivity index (χ3v) is 6.76. The van der Waals surface area contributed by atoms with Crippen LogP contribution in [0, 0.1) is 0 Å². The molecule has 2 heterocycles. The van der Waals surface area contributed by atoms with E-state index in [2.05, 4.69) is 39.9 Å². The zero-order valence-electron chi connectivity index (χ0n) is 16.4. The summed E-state index contributed by atoms with van der Waals surface area (Å²) in [4.78, 5) is 15.7. The number of amides is 1. The number of likely N-dealkylation sites (tertiary alicyclic amines) is 1. The first-order valence-electron chi connectivity index (χ1n) is 10.1. The summed E-state index contributed by atoms with van der Waals surface area (Å²) in [5.41, 5.74) is 1.32. The first-order valence-corrected chi connectivity index (χ1v) is 12.1. The molecule has 0 atom stereocenters. The molecule has 152 valence electrons. The maximum Gasteiger partial charge on any atom is 0.230 e. The highest BCUT2D eigenvalue weighted by molar-refractivity contribution is 7.99. The summed E-state index contributed by atoms with van der Waals surface area (Å²) in [6.45, 7) is 4.70. The highest BCUT2D eigenvalue weighted by atomic mass is 32.2. The number of ether oxygens (including phenoxy) is 1. The molecule has 0 radical (unpaired) electrons. The number of nitrogens with zero attached hydrogens (tertiary/aromatic N) is 1. The lowest BCUT2D eigenvalue weighted by Gasteiger charge is -2.26. The van der Waals surface area contributed by atoms with E-state index in [1.807, 2.05) is 12.1 Å². The molecule has 6 heteroatoms. The number of nitrogens with one attached hydrogen (secondary N) is 1. The standard InChI is InChI=1S/C22H30N2O2S2/c25-22(18-27-17-21-9-5-14-28-21)23-10-6-13-26-20-8-4-7-19(15-20)16-24-11-2-1-3-12-24/h4-5,7-9,14-15H,1-3,6,10-13,16-18H2,(H,23,25). The van der Waals surface area contributed by atoms with Gasteiger partial charge in [0, 0.05) is 23.7 Å². The topological polar surface area (TPSA) is 41.6 Å². The average Bonchev–Trinajstić information content (AvgIpc) is 3.22. The van der Waals surface area contributed by atoms with Crippen LogP contribution in [0.4, 0.5) is 0 Å². The SMILES string of the molecule is O=C(CSCc1cccs1)NCCCOc1cccc(CN2CCCCC2)c1. The predicted molar refractivity (Wildman–Crippen MR) is 119 cm³/mol. The molecule has 28 heavy (non-hydrogen) atoms. The molecule has 0 bridgehead atoms. The Morgan fingerprint density at radius 1 is 1.18 bits per heavy atom. The summed E-state index contributed by atoms with van der Waals surface area (Å²) in [6.07, 6.45) is 4.81. The van der Waals surface area contributed by atoms with Gasteiger partial charge in [-0.15, -0.1) is 23.1 Å². The third-order valence-electron chi connectivity index (χ3n) is 4.72. The van der Waals surface area contributed by atoms with Crippen molar-refractivity contribution in [1.29, 1.82) is 0 Å². The molecule has 0 unspecified atom stereocenters. The summed E-state index contributed by atoms with van der Waals surface area (Å²) in [5.74, 6) is 2.44. The van der Waals surface area contributed by atoms with E-state index >= 15 is 0 Å². The van der Waals surface area contributed by atoms with Gasteiger partial charge in [-0.1, -0.05) is 24.6 Å². The molecule has 0 saturated carbocycles. The molecular weight excluding hydrogens is 388 g/mol. The van der Waals surface area contributed by atoms with Crippen LogP contribution in [0.15, 0.2) is 41.8 Å². The van der Waals surface area contributed by atoms with E-state index in [4.69, 9.17) is 4.74 Å². The van der Waals surface area contributed by atoms with Crippen LogP contribution in [0.2, 0.25) is 0 Å². The Labute approximate surface area is 176 Å². The molecule has 0 aliphatic carbocycles. The first-order chi connectivity index (χ1) is 13.8. The smallest absolute Gasteiger partial charge is 0.230 e. The van der Waals surface area contributed by atoms with Crippen molar-refractivity contribution in [2.45, 2.75) is 38.0 Å². The van der Waals surface area contributed by atoms with E-state index in [0.717, 1.165) is 24.5 Å². The van der Waals surface area contributed by atoms with Gasteiger partial charge in [-0.25, -0.2) is 0 Å². The average molecular weight is 419 g/mol. The molecule has 3 rings (SSSR count). The number of carbonyl (C=O) groups excluding carboxylic acids is 1.